The highest BCUT2D eigenvalue weighted by Crippen LogP contribution is 2.31. The van der Waals surface area contributed by atoms with Crippen LogP contribution in [0.5, 0.6) is 0 Å². The van der Waals surface area contributed by atoms with Crippen LogP contribution in [0.4, 0.5) is 0 Å². The number of benzene rings is 2. The van der Waals surface area contributed by atoms with Gasteiger partial charge < -0.3 is 5.32 Å². The SMILES string of the molecule is Cc1cc(Sc2ccccc2C)ccc1CNC(C)C. The van der Waals surface area contributed by atoms with E-state index < -0.39 is 0 Å². The zero-order chi connectivity index (χ0) is 14.5. The van der Waals surface area contributed by atoms with Crippen LogP contribution in [0.25, 0.3) is 0 Å². The lowest BCUT2D eigenvalue weighted by Crippen LogP contribution is -2.22. The predicted molar refractivity (Wildman–Crippen MR) is 88.5 cm³/mol. The Bertz CT molecular complexity index is 575. The first kappa shape index (κ1) is 15.1. The minimum atomic E-state index is 0.524. The fourth-order valence-electron chi connectivity index (χ4n) is 2.04. The molecule has 1 nitrogen and oxygen atoms in total. The monoisotopic (exact) mass is 285 g/mol. The fourth-order valence-corrected chi connectivity index (χ4v) is 3.04. The van der Waals surface area contributed by atoms with E-state index in [0.29, 0.717) is 6.04 Å². The minimum Gasteiger partial charge on any atom is -0.310 e. The van der Waals surface area contributed by atoms with Crippen LogP contribution in [0.2, 0.25) is 0 Å². The lowest BCUT2D eigenvalue weighted by Gasteiger charge is -2.12. The zero-order valence-electron chi connectivity index (χ0n) is 12.7. The van der Waals surface area contributed by atoms with Gasteiger partial charge in [0.1, 0.15) is 0 Å². The first-order chi connectivity index (χ1) is 9.56. The topological polar surface area (TPSA) is 12.0 Å². The van der Waals surface area contributed by atoms with Crippen molar-refractivity contribution in [1.82, 2.24) is 5.32 Å². The highest BCUT2D eigenvalue weighted by molar-refractivity contribution is 7.99. The molecule has 0 unspecified atom stereocenters. The molecule has 0 fully saturated rings. The van der Waals surface area contributed by atoms with E-state index in [1.54, 1.807) is 0 Å². The Hall–Kier alpha value is -1.25. The van der Waals surface area contributed by atoms with Gasteiger partial charge in [0, 0.05) is 22.4 Å². The van der Waals surface area contributed by atoms with E-state index in [1.165, 1.54) is 26.5 Å². The van der Waals surface area contributed by atoms with Crippen molar-refractivity contribution in [1.29, 1.82) is 0 Å². The van der Waals surface area contributed by atoms with Crippen LogP contribution >= 0.6 is 11.8 Å². The van der Waals surface area contributed by atoms with Crippen molar-refractivity contribution >= 4 is 11.8 Å². The third kappa shape index (κ3) is 4.12. The molecular weight excluding hydrogens is 262 g/mol. The molecule has 0 amide bonds. The van der Waals surface area contributed by atoms with E-state index in [-0.39, 0.29) is 0 Å². The molecule has 2 aromatic carbocycles. The molecule has 2 rings (SSSR count). The Labute approximate surface area is 126 Å². The van der Waals surface area contributed by atoms with Gasteiger partial charge >= 0.3 is 0 Å². The van der Waals surface area contributed by atoms with E-state index in [4.69, 9.17) is 0 Å². The second-order valence-electron chi connectivity index (χ2n) is 5.49. The molecule has 0 atom stereocenters. The standard InChI is InChI=1S/C18H23NS/c1-13(2)19-12-16-9-10-17(11-15(16)4)20-18-8-6-5-7-14(18)3/h5-11,13,19H,12H2,1-4H3. The number of hydrogen-bond donors (Lipinski definition) is 1. The molecule has 0 radical (unpaired) electrons. The predicted octanol–water partition coefficient (Wildman–Crippen LogP) is 4.95. The third-order valence-electron chi connectivity index (χ3n) is 3.34. The van der Waals surface area contributed by atoms with Crippen LogP contribution in [0, 0.1) is 13.8 Å². The van der Waals surface area contributed by atoms with Crippen LogP contribution in [0.1, 0.15) is 30.5 Å². The Morgan fingerprint density at radius 1 is 1.00 bits per heavy atom. The van der Waals surface area contributed by atoms with Gasteiger partial charge in [-0.1, -0.05) is 49.9 Å². The number of nitrogens with one attached hydrogen (secondary N) is 1. The molecule has 0 aromatic heterocycles. The van der Waals surface area contributed by atoms with Crippen LogP contribution in [0.15, 0.2) is 52.3 Å². The van der Waals surface area contributed by atoms with Crippen molar-refractivity contribution in [2.75, 3.05) is 0 Å². The molecule has 2 aromatic rings. The highest BCUT2D eigenvalue weighted by Gasteiger charge is 2.04. The number of hydrogen-bond acceptors (Lipinski definition) is 2. The largest absolute Gasteiger partial charge is 0.310 e. The summed E-state index contributed by atoms with van der Waals surface area (Å²) in [6.07, 6.45) is 0. The van der Waals surface area contributed by atoms with E-state index in [0.717, 1.165) is 6.54 Å². The van der Waals surface area contributed by atoms with Gasteiger partial charge in [-0.2, -0.15) is 0 Å². The summed E-state index contributed by atoms with van der Waals surface area (Å²) in [5.74, 6) is 0. The first-order valence-corrected chi connectivity index (χ1v) is 7.94. The fraction of sp³-hybridized carbons (Fsp3) is 0.333. The maximum absolute atomic E-state index is 3.47. The molecule has 1 N–H and O–H groups in total. The van der Waals surface area contributed by atoms with Crippen molar-refractivity contribution in [2.24, 2.45) is 0 Å². The molecule has 2 heteroatoms. The molecule has 20 heavy (non-hydrogen) atoms. The van der Waals surface area contributed by atoms with Crippen molar-refractivity contribution < 1.29 is 0 Å². The van der Waals surface area contributed by atoms with Crippen molar-refractivity contribution in [3.63, 3.8) is 0 Å². The molecular formula is C18H23NS. The number of aryl methyl sites for hydroxylation is 2. The summed E-state index contributed by atoms with van der Waals surface area (Å²) in [5.41, 5.74) is 4.07. The Kier molecular flexibility index (Phi) is 5.27. The summed E-state index contributed by atoms with van der Waals surface area (Å²) in [5, 5.41) is 3.47. The smallest absolute Gasteiger partial charge is 0.0210 e. The van der Waals surface area contributed by atoms with Gasteiger partial charge in [0.2, 0.25) is 0 Å². The lowest BCUT2D eigenvalue weighted by molar-refractivity contribution is 0.587. The van der Waals surface area contributed by atoms with Crippen LogP contribution < -0.4 is 5.32 Å². The Morgan fingerprint density at radius 2 is 1.75 bits per heavy atom. The average molecular weight is 285 g/mol. The van der Waals surface area contributed by atoms with Gasteiger partial charge in [0.05, 0.1) is 0 Å². The average Bonchev–Trinajstić information content (AvgIpc) is 2.40. The van der Waals surface area contributed by atoms with E-state index in [1.807, 2.05) is 11.8 Å². The summed E-state index contributed by atoms with van der Waals surface area (Å²) < 4.78 is 0. The maximum Gasteiger partial charge on any atom is 0.0210 e. The van der Waals surface area contributed by atoms with Crippen LogP contribution in [0.3, 0.4) is 0 Å². The summed E-state index contributed by atoms with van der Waals surface area (Å²) >= 11 is 1.84. The van der Waals surface area contributed by atoms with Crippen LogP contribution in [-0.4, -0.2) is 6.04 Å². The molecule has 0 aliphatic rings. The van der Waals surface area contributed by atoms with E-state index >= 15 is 0 Å². The summed E-state index contributed by atoms with van der Waals surface area (Å²) in [6, 6.07) is 15.8. The molecule has 106 valence electrons. The Balaban J connectivity index is 2.11. The minimum absolute atomic E-state index is 0.524. The summed E-state index contributed by atoms with van der Waals surface area (Å²) in [4.78, 5) is 2.64. The second kappa shape index (κ2) is 6.96. The van der Waals surface area contributed by atoms with Gasteiger partial charge in [-0.15, -0.1) is 0 Å². The number of rotatable bonds is 5. The van der Waals surface area contributed by atoms with Crippen molar-refractivity contribution in [2.45, 2.75) is 50.1 Å². The van der Waals surface area contributed by atoms with Gasteiger partial charge in [0.25, 0.3) is 0 Å². The molecule has 0 heterocycles. The molecule has 0 aliphatic heterocycles. The van der Waals surface area contributed by atoms with Gasteiger partial charge in [-0.25, -0.2) is 0 Å². The van der Waals surface area contributed by atoms with Gasteiger partial charge in [-0.05, 0) is 48.7 Å². The molecule has 0 spiro atoms. The molecule has 0 saturated carbocycles. The third-order valence-corrected chi connectivity index (χ3v) is 4.50. The maximum atomic E-state index is 3.47. The van der Waals surface area contributed by atoms with E-state index in [2.05, 4.69) is 75.5 Å². The van der Waals surface area contributed by atoms with Crippen molar-refractivity contribution in [3.05, 3.63) is 59.2 Å². The Morgan fingerprint density at radius 3 is 2.40 bits per heavy atom. The van der Waals surface area contributed by atoms with Crippen LogP contribution in [-0.2, 0) is 6.54 Å². The van der Waals surface area contributed by atoms with E-state index in [9.17, 15) is 0 Å². The molecule has 0 bridgehead atoms. The molecule has 0 aliphatic carbocycles. The van der Waals surface area contributed by atoms with Gasteiger partial charge in [-0.3, -0.25) is 0 Å². The highest BCUT2D eigenvalue weighted by atomic mass is 32.2. The molecule has 0 saturated heterocycles. The van der Waals surface area contributed by atoms with Gasteiger partial charge in [0.15, 0.2) is 0 Å². The lowest BCUT2D eigenvalue weighted by atomic mass is 10.1. The summed E-state index contributed by atoms with van der Waals surface area (Å²) in [7, 11) is 0. The quantitative estimate of drug-likeness (QED) is 0.834. The zero-order valence-corrected chi connectivity index (χ0v) is 13.6. The normalized spacial score (nSPS) is 11.1. The second-order valence-corrected chi connectivity index (χ2v) is 6.61. The first-order valence-electron chi connectivity index (χ1n) is 7.12. The summed E-state index contributed by atoms with van der Waals surface area (Å²) in [6.45, 7) is 9.66. The van der Waals surface area contributed by atoms with Crippen molar-refractivity contribution in [3.8, 4) is 0 Å².